The smallest absolute Gasteiger partial charge is 0.224 e. The number of anilines is 1. The normalized spacial score (nSPS) is 20.9. The highest BCUT2D eigenvalue weighted by molar-refractivity contribution is 6.28. The van der Waals surface area contributed by atoms with Gasteiger partial charge in [0, 0.05) is 38.2 Å². The van der Waals surface area contributed by atoms with Crippen molar-refractivity contribution >= 4 is 17.4 Å². The van der Waals surface area contributed by atoms with Crippen molar-refractivity contribution in [3.05, 3.63) is 16.5 Å². The molecule has 0 bridgehead atoms. The summed E-state index contributed by atoms with van der Waals surface area (Å²) < 4.78 is 5.53. The molecule has 98 valence electrons. The van der Waals surface area contributed by atoms with Gasteiger partial charge in [-0.25, -0.2) is 9.97 Å². The predicted octanol–water partition coefficient (Wildman–Crippen LogP) is 0.954. The molecule has 6 heteroatoms. The van der Waals surface area contributed by atoms with Crippen LogP contribution in [0, 0.1) is 0 Å². The molecule has 5 nitrogen and oxygen atoms in total. The fourth-order valence-electron chi connectivity index (χ4n) is 2.47. The zero-order valence-electron chi connectivity index (χ0n) is 10.5. The van der Waals surface area contributed by atoms with Gasteiger partial charge in [-0.2, -0.15) is 0 Å². The maximum absolute atomic E-state index is 6.03. The summed E-state index contributed by atoms with van der Waals surface area (Å²) in [6.07, 6.45) is 0.832. The van der Waals surface area contributed by atoms with Crippen molar-refractivity contribution in [3.63, 3.8) is 0 Å². The largest absolute Gasteiger partial charge is 0.376 e. The number of hydrogen-bond donors (Lipinski definition) is 0. The monoisotopic (exact) mass is 268 g/mol. The summed E-state index contributed by atoms with van der Waals surface area (Å²) in [7, 11) is 2.14. The lowest BCUT2D eigenvalue weighted by Gasteiger charge is -2.35. The molecule has 0 aromatic carbocycles. The Morgan fingerprint density at radius 2 is 1.94 bits per heavy atom. The average molecular weight is 269 g/mol. The van der Waals surface area contributed by atoms with Gasteiger partial charge in [-0.15, -0.1) is 0 Å². The Hall–Kier alpha value is -0.910. The number of halogens is 1. The van der Waals surface area contributed by atoms with Gasteiger partial charge in [-0.05, 0) is 18.6 Å². The SMILES string of the molecule is CN1CCN(c2nc(Cl)nc3c2COCC3)CC1. The number of likely N-dealkylation sites (N-methyl/N-ethyl adjacent to an activating group) is 1. The highest BCUT2D eigenvalue weighted by Gasteiger charge is 2.23. The first-order valence-electron chi connectivity index (χ1n) is 6.30. The molecule has 0 amide bonds. The molecule has 0 unspecified atom stereocenters. The quantitative estimate of drug-likeness (QED) is 0.710. The summed E-state index contributed by atoms with van der Waals surface area (Å²) in [6, 6.07) is 0. The molecule has 0 spiro atoms. The fraction of sp³-hybridized carbons (Fsp3) is 0.667. The maximum atomic E-state index is 6.03. The van der Waals surface area contributed by atoms with Crippen LogP contribution >= 0.6 is 11.6 Å². The lowest BCUT2D eigenvalue weighted by molar-refractivity contribution is 0.109. The third-order valence-corrected chi connectivity index (χ3v) is 3.75. The van der Waals surface area contributed by atoms with Crippen molar-refractivity contribution in [2.45, 2.75) is 13.0 Å². The summed E-state index contributed by atoms with van der Waals surface area (Å²) in [6.45, 7) is 5.40. The molecular formula is C12H17ClN4O. The lowest BCUT2D eigenvalue weighted by Crippen LogP contribution is -2.45. The minimum absolute atomic E-state index is 0.351. The molecule has 3 rings (SSSR count). The van der Waals surface area contributed by atoms with E-state index in [2.05, 4.69) is 26.8 Å². The van der Waals surface area contributed by atoms with Crippen molar-refractivity contribution in [1.29, 1.82) is 0 Å². The van der Waals surface area contributed by atoms with E-state index in [0.29, 0.717) is 11.9 Å². The van der Waals surface area contributed by atoms with E-state index in [0.717, 1.165) is 56.3 Å². The van der Waals surface area contributed by atoms with Crippen LogP contribution in [-0.2, 0) is 17.8 Å². The number of fused-ring (bicyclic) bond motifs is 1. The zero-order valence-corrected chi connectivity index (χ0v) is 11.3. The second-order valence-electron chi connectivity index (χ2n) is 4.83. The van der Waals surface area contributed by atoms with E-state index in [4.69, 9.17) is 16.3 Å². The highest BCUT2D eigenvalue weighted by atomic mass is 35.5. The van der Waals surface area contributed by atoms with Crippen molar-refractivity contribution in [2.75, 3.05) is 44.7 Å². The van der Waals surface area contributed by atoms with Crippen LogP contribution in [0.1, 0.15) is 11.3 Å². The van der Waals surface area contributed by atoms with Gasteiger partial charge in [0.15, 0.2) is 0 Å². The molecule has 3 heterocycles. The second-order valence-corrected chi connectivity index (χ2v) is 5.17. The van der Waals surface area contributed by atoms with Crippen LogP contribution in [0.5, 0.6) is 0 Å². The van der Waals surface area contributed by atoms with E-state index >= 15 is 0 Å². The molecule has 1 fully saturated rings. The molecule has 1 aromatic heterocycles. The van der Waals surface area contributed by atoms with Crippen LogP contribution in [0.3, 0.4) is 0 Å². The van der Waals surface area contributed by atoms with Gasteiger partial charge in [0.2, 0.25) is 5.28 Å². The molecule has 2 aliphatic heterocycles. The third kappa shape index (κ3) is 2.30. The molecule has 0 saturated carbocycles. The van der Waals surface area contributed by atoms with Crippen LogP contribution in [-0.4, -0.2) is 54.7 Å². The van der Waals surface area contributed by atoms with E-state index in [1.807, 2.05) is 0 Å². The van der Waals surface area contributed by atoms with E-state index in [9.17, 15) is 0 Å². The first-order valence-corrected chi connectivity index (χ1v) is 6.68. The number of ether oxygens (including phenoxy) is 1. The van der Waals surface area contributed by atoms with Crippen molar-refractivity contribution in [1.82, 2.24) is 14.9 Å². The van der Waals surface area contributed by atoms with E-state index in [1.165, 1.54) is 0 Å². The van der Waals surface area contributed by atoms with Crippen LogP contribution in [0.25, 0.3) is 0 Å². The number of rotatable bonds is 1. The van der Waals surface area contributed by atoms with Gasteiger partial charge < -0.3 is 14.5 Å². The summed E-state index contributed by atoms with van der Waals surface area (Å²) in [5.41, 5.74) is 2.17. The molecule has 1 aromatic rings. The van der Waals surface area contributed by atoms with Gasteiger partial charge in [0.25, 0.3) is 0 Å². The van der Waals surface area contributed by atoms with Crippen molar-refractivity contribution < 1.29 is 4.74 Å². The van der Waals surface area contributed by atoms with Gasteiger partial charge in [0.1, 0.15) is 5.82 Å². The van der Waals surface area contributed by atoms with Crippen LogP contribution in [0.2, 0.25) is 5.28 Å². The summed E-state index contributed by atoms with van der Waals surface area (Å²) in [5.74, 6) is 0.970. The van der Waals surface area contributed by atoms with Crippen LogP contribution in [0.4, 0.5) is 5.82 Å². The van der Waals surface area contributed by atoms with Gasteiger partial charge in [-0.3, -0.25) is 0 Å². The molecule has 0 N–H and O–H groups in total. The van der Waals surface area contributed by atoms with Crippen LogP contribution in [0.15, 0.2) is 0 Å². The number of aromatic nitrogens is 2. The molecule has 18 heavy (non-hydrogen) atoms. The summed E-state index contributed by atoms with van der Waals surface area (Å²) >= 11 is 6.03. The Morgan fingerprint density at radius 3 is 2.72 bits per heavy atom. The van der Waals surface area contributed by atoms with Gasteiger partial charge >= 0.3 is 0 Å². The Labute approximate surface area is 112 Å². The average Bonchev–Trinajstić information content (AvgIpc) is 2.38. The number of nitrogens with zero attached hydrogens (tertiary/aromatic N) is 4. The molecule has 1 saturated heterocycles. The summed E-state index contributed by atoms with van der Waals surface area (Å²) in [4.78, 5) is 13.4. The Kier molecular flexibility index (Phi) is 3.37. The Morgan fingerprint density at radius 1 is 1.17 bits per heavy atom. The summed E-state index contributed by atoms with van der Waals surface area (Å²) in [5, 5.41) is 0.351. The molecule has 0 radical (unpaired) electrons. The van der Waals surface area contributed by atoms with Gasteiger partial charge in [0.05, 0.1) is 18.9 Å². The Bertz CT molecular complexity index is 446. The Balaban J connectivity index is 1.93. The van der Waals surface area contributed by atoms with Gasteiger partial charge in [-0.1, -0.05) is 0 Å². The first kappa shape index (κ1) is 12.1. The maximum Gasteiger partial charge on any atom is 0.224 e. The van der Waals surface area contributed by atoms with E-state index in [1.54, 1.807) is 0 Å². The van der Waals surface area contributed by atoms with E-state index in [-0.39, 0.29) is 0 Å². The lowest BCUT2D eigenvalue weighted by atomic mass is 10.1. The number of piperazine rings is 1. The van der Waals surface area contributed by atoms with Crippen molar-refractivity contribution in [2.24, 2.45) is 0 Å². The minimum Gasteiger partial charge on any atom is -0.376 e. The highest BCUT2D eigenvalue weighted by Crippen LogP contribution is 2.27. The van der Waals surface area contributed by atoms with Crippen LogP contribution < -0.4 is 4.90 Å². The predicted molar refractivity (Wildman–Crippen MR) is 70.1 cm³/mol. The fourth-order valence-corrected chi connectivity index (χ4v) is 2.65. The standard InChI is InChI=1S/C12H17ClN4O/c1-16-3-5-17(6-4-16)11-9-8-18-7-2-10(9)14-12(13)15-11/h2-8H2,1H3. The minimum atomic E-state index is 0.351. The molecule has 0 aliphatic carbocycles. The number of hydrogen-bond acceptors (Lipinski definition) is 5. The third-order valence-electron chi connectivity index (χ3n) is 3.58. The molecule has 0 atom stereocenters. The molecular weight excluding hydrogens is 252 g/mol. The van der Waals surface area contributed by atoms with Crippen molar-refractivity contribution in [3.8, 4) is 0 Å². The van der Waals surface area contributed by atoms with E-state index < -0.39 is 0 Å². The zero-order chi connectivity index (χ0) is 12.5. The topological polar surface area (TPSA) is 41.5 Å². The molecule has 2 aliphatic rings. The first-order chi connectivity index (χ1) is 8.74. The second kappa shape index (κ2) is 4.99.